The van der Waals surface area contributed by atoms with E-state index >= 15 is 0 Å². The maximum absolute atomic E-state index is 13.3. The maximum atomic E-state index is 13.3. The molecule has 0 saturated carbocycles. The molecule has 0 bridgehead atoms. The normalized spacial score (nSPS) is 13.3. The topological polar surface area (TPSA) is 48.3 Å². The number of pyridine rings is 1. The first kappa shape index (κ1) is 21.8. The number of benzene rings is 2. The lowest BCUT2D eigenvalue weighted by molar-refractivity contribution is -0.143. The van der Waals surface area contributed by atoms with Crippen molar-refractivity contribution in [1.29, 1.82) is 0 Å². The van der Waals surface area contributed by atoms with Crippen LogP contribution in [0.1, 0.15) is 49.4 Å². The third-order valence-corrected chi connectivity index (χ3v) is 6.15. The van der Waals surface area contributed by atoms with Crippen LogP contribution in [0, 0.1) is 19.8 Å². The monoisotopic (exact) mass is 405 g/mol. The van der Waals surface area contributed by atoms with Gasteiger partial charge in [-0.05, 0) is 48.8 Å². The molecule has 30 heavy (non-hydrogen) atoms. The average Bonchev–Trinajstić information content (AvgIpc) is 2.74. The molecular weight excluding hydrogens is 374 g/mol. The Morgan fingerprint density at radius 3 is 2.37 bits per heavy atom. The smallest absolute Gasteiger partial charge is 0.314 e. The number of fused-ring (bicyclic) bond motifs is 1. The summed E-state index contributed by atoms with van der Waals surface area (Å²) in [4.78, 5) is 26.2. The highest BCUT2D eigenvalue weighted by Gasteiger charge is 2.31. The van der Waals surface area contributed by atoms with Crippen molar-refractivity contribution in [2.45, 2.75) is 46.5 Å². The number of nitrogens with zero attached hydrogens (tertiary/aromatic N) is 1. The largest absolute Gasteiger partial charge is 0.469 e. The third-order valence-electron chi connectivity index (χ3n) is 6.15. The zero-order valence-electron chi connectivity index (χ0n) is 18.8. The molecule has 1 aromatic heterocycles. The molecule has 0 aliphatic rings. The fraction of sp³-hybridized carbons (Fsp3) is 0.385. The molecule has 0 aliphatic heterocycles. The van der Waals surface area contributed by atoms with Gasteiger partial charge in [-0.2, -0.15) is 0 Å². The van der Waals surface area contributed by atoms with Gasteiger partial charge in [0, 0.05) is 23.7 Å². The summed E-state index contributed by atoms with van der Waals surface area (Å²) in [5, 5.41) is 1.53. The predicted octanol–water partition coefficient (Wildman–Crippen LogP) is 5.52. The van der Waals surface area contributed by atoms with Crippen LogP contribution < -0.4 is 5.56 Å². The van der Waals surface area contributed by atoms with Crippen molar-refractivity contribution in [2.24, 2.45) is 13.0 Å². The number of aryl methyl sites for hydroxylation is 2. The Hall–Kier alpha value is -2.88. The average molecular weight is 406 g/mol. The number of hydrogen-bond acceptors (Lipinski definition) is 3. The Morgan fingerprint density at radius 2 is 1.77 bits per heavy atom. The van der Waals surface area contributed by atoms with E-state index in [4.69, 9.17) is 4.74 Å². The van der Waals surface area contributed by atoms with Crippen LogP contribution in [-0.2, 0) is 16.6 Å². The number of rotatable bonds is 6. The SMILES string of the molecule is CCC(C)CC(C(=O)OC)c1c(-c2ccc(C)cc2C)c2ccccc2c(=O)n1C. The highest BCUT2D eigenvalue weighted by atomic mass is 16.5. The van der Waals surface area contributed by atoms with E-state index in [2.05, 4.69) is 45.9 Å². The molecule has 0 saturated heterocycles. The highest BCUT2D eigenvalue weighted by Crippen LogP contribution is 2.39. The number of hydrogen-bond donors (Lipinski definition) is 0. The van der Waals surface area contributed by atoms with Crippen molar-refractivity contribution in [3.05, 3.63) is 69.6 Å². The van der Waals surface area contributed by atoms with Crippen molar-refractivity contribution < 1.29 is 9.53 Å². The van der Waals surface area contributed by atoms with Gasteiger partial charge in [0.05, 0.1) is 13.0 Å². The quantitative estimate of drug-likeness (QED) is 0.508. The van der Waals surface area contributed by atoms with Gasteiger partial charge >= 0.3 is 5.97 Å². The molecule has 0 N–H and O–H groups in total. The minimum Gasteiger partial charge on any atom is -0.469 e. The summed E-state index contributed by atoms with van der Waals surface area (Å²) in [6.45, 7) is 8.39. The first-order valence-electron chi connectivity index (χ1n) is 10.6. The summed E-state index contributed by atoms with van der Waals surface area (Å²) in [6.07, 6.45) is 1.58. The molecule has 3 rings (SSSR count). The van der Waals surface area contributed by atoms with Crippen LogP contribution in [0.25, 0.3) is 21.9 Å². The second-order valence-electron chi connectivity index (χ2n) is 8.31. The summed E-state index contributed by atoms with van der Waals surface area (Å²) in [5.74, 6) is -0.489. The van der Waals surface area contributed by atoms with Gasteiger partial charge in [-0.15, -0.1) is 0 Å². The second-order valence-corrected chi connectivity index (χ2v) is 8.31. The highest BCUT2D eigenvalue weighted by molar-refractivity contribution is 5.99. The summed E-state index contributed by atoms with van der Waals surface area (Å²) < 4.78 is 6.86. The Kier molecular flexibility index (Phi) is 6.45. The van der Waals surface area contributed by atoms with Gasteiger partial charge in [0.25, 0.3) is 5.56 Å². The van der Waals surface area contributed by atoms with Crippen LogP contribution >= 0.6 is 0 Å². The molecular formula is C26H31NO3. The lowest BCUT2D eigenvalue weighted by Gasteiger charge is -2.26. The maximum Gasteiger partial charge on any atom is 0.314 e. The molecule has 2 aromatic carbocycles. The van der Waals surface area contributed by atoms with Crippen LogP contribution in [0.15, 0.2) is 47.3 Å². The van der Waals surface area contributed by atoms with E-state index in [9.17, 15) is 9.59 Å². The molecule has 2 atom stereocenters. The molecule has 0 spiro atoms. The molecule has 0 aliphatic carbocycles. The van der Waals surface area contributed by atoms with Gasteiger partial charge in [0.2, 0.25) is 0 Å². The van der Waals surface area contributed by atoms with E-state index in [1.807, 2.05) is 24.3 Å². The predicted molar refractivity (Wildman–Crippen MR) is 123 cm³/mol. The van der Waals surface area contributed by atoms with Crippen LogP contribution in [0.2, 0.25) is 0 Å². The number of ether oxygens (including phenoxy) is 1. The standard InChI is InChI=1S/C26H31NO3/c1-7-16(2)15-22(26(29)30-6)24-23(19-13-12-17(3)14-18(19)4)20-10-8-9-11-21(20)25(28)27(24)5/h8-14,16,22H,7,15H2,1-6H3. The van der Waals surface area contributed by atoms with Gasteiger partial charge in [-0.25, -0.2) is 0 Å². The van der Waals surface area contributed by atoms with Crippen molar-refractivity contribution in [3.63, 3.8) is 0 Å². The Labute approximate surface area is 178 Å². The third kappa shape index (κ3) is 3.91. The summed E-state index contributed by atoms with van der Waals surface area (Å²) in [6, 6.07) is 14.0. The molecule has 0 amide bonds. The van der Waals surface area contributed by atoms with Crippen LogP contribution in [0.4, 0.5) is 0 Å². The molecule has 4 heteroatoms. The van der Waals surface area contributed by atoms with Crippen molar-refractivity contribution in [1.82, 2.24) is 4.57 Å². The molecule has 2 unspecified atom stereocenters. The summed E-state index contributed by atoms with van der Waals surface area (Å²) in [7, 11) is 3.19. The molecule has 1 heterocycles. The van der Waals surface area contributed by atoms with E-state index < -0.39 is 5.92 Å². The second kappa shape index (κ2) is 8.86. The molecule has 3 aromatic rings. The van der Waals surface area contributed by atoms with Crippen molar-refractivity contribution in [3.8, 4) is 11.1 Å². The number of carbonyl (C=O) groups excluding carboxylic acids is 1. The van der Waals surface area contributed by atoms with E-state index in [0.717, 1.165) is 34.2 Å². The molecule has 158 valence electrons. The number of esters is 1. The molecule has 0 radical (unpaired) electrons. The lowest BCUT2D eigenvalue weighted by atomic mass is 9.84. The van der Waals surface area contributed by atoms with Crippen LogP contribution in [0.3, 0.4) is 0 Å². The van der Waals surface area contributed by atoms with E-state index in [1.165, 1.54) is 12.7 Å². The van der Waals surface area contributed by atoms with Gasteiger partial charge in [0.1, 0.15) is 0 Å². The first-order chi connectivity index (χ1) is 14.3. The number of methoxy groups -OCH3 is 1. The number of carbonyl (C=O) groups is 1. The summed E-state index contributed by atoms with van der Waals surface area (Å²) >= 11 is 0. The lowest BCUT2D eigenvalue weighted by Crippen LogP contribution is -2.28. The van der Waals surface area contributed by atoms with Crippen LogP contribution in [0.5, 0.6) is 0 Å². The first-order valence-corrected chi connectivity index (χ1v) is 10.6. The van der Waals surface area contributed by atoms with Gasteiger partial charge in [-0.1, -0.05) is 62.2 Å². The molecule has 0 fully saturated rings. The van der Waals surface area contributed by atoms with E-state index in [1.54, 1.807) is 11.6 Å². The molecule has 4 nitrogen and oxygen atoms in total. The van der Waals surface area contributed by atoms with Crippen molar-refractivity contribution in [2.75, 3.05) is 7.11 Å². The van der Waals surface area contributed by atoms with E-state index in [0.29, 0.717) is 17.7 Å². The van der Waals surface area contributed by atoms with Crippen LogP contribution in [-0.4, -0.2) is 17.6 Å². The number of aromatic nitrogens is 1. The Bertz CT molecular complexity index is 1140. The van der Waals surface area contributed by atoms with Crippen molar-refractivity contribution >= 4 is 16.7 Å². The van der Waals surface area contributed by atoms with Gasteiger partial charge in [0.15, 0.2) is 0 Å². The zero-order valence-corrected chi connectivity index (χ0v) is 18.8. The Balaban J connectivity index is 2.47. The minimum atomic E-state index is -0.511. The fourth-order valence-electron chi connectivity index (χ4n) is 4.30. The van der Waals surface area contributed by atoms with E-state index in [-0.39, 0.29) is 11.5 Å². The van der Waals surface area contributed by atoms with Gasteiger partial charge in [-0.3, -0.25) is 9.59 Å². The minimum absolute atomic E-state index is 0.0906. The zero-order chi connectivity index (χ0) is 22.0. The Morgan fingerprint density at radius 1 is 1.10 bits per heavy atom. The fourth-order valence-corrected chi connectivity index (χ4v) is 4.30. The van der Waals surface area contributed by atoms with Gasteiger partial charge < -0.3 is 9.30 Å². The summed E-state index contributed by atoms with van der Waals surface area (Å²) in [5.41, 5.74) is 4.93.